The van der Waals surface area contributed by atoms with Crippen LogP contribution >= 0.6 is 0 Å². The number of ether oxygens (including phenoxy) is 1. The van der Waals surface area contributed by atoms with Crippen molar-refractivity contribution >= 4 is 11.6 Å². The lowest BCUT2D eigenvalue weighted by molar-refractivity contribution is 0.0974. The molecule has 5 rings (SSSR count). The van der Waals surface area contributed by atoms with Gasteiger partial charge in [-0.2, -0.15) is 0 Å². The molecule has 0 spiro atoms. The Morgan fingerprint density at radius 3 is 2.37 bits per heavy atom. The fourth-order valence-electron chi connectivity index (χ4n) is 2.84. The van der Waals surface area contributed by atoms with E-state index in [2.05, 4.69) is 0 Å². The molecule has 19 heavy (non-hydrogen) atoms. The molecule has 0 amide bonds. The van der Waals surface area contributed by atoms with Gasteiger partial charge in [0.15, 0.2) is 11.6 Å². The molecule has 2 heterocycles. The zero-order chi connectivity index (χ0) is 13.1. The Kier molecular flexibility index (Phi) is 1.83. The molecular weight excluding hydrogens is 240 g/mol. The average molecular weight is 250 g/mol. The number of hydrogen-bond donors (Lipinski definition) is 0. The molecule has 2 aromatic rings. The fraction of sp³-hybridized carbons (Fsp3) is 0.125. The minimum absolute atomic E-state index is 0.0846. The van der Waals surface area contributed by atoms with Crippen molar-refractivity contribution < 1.29 is 14.3 Å². The van der Waals surface area contributed by atoms with Crippen LogP contribution in [0.5, 0.6) is 11.5 Å². The molecule has 0 saturated heterocycles. The predicted octanol–water partition coefficient (Wildman–Crippen LogP) is 3.13. The van der Waals surface area contributed by atoms with E-state index in [1.165, 1.54) is 0 Å². The minimum Gasteiger partial charge on any atom is -0.456 e. The van der Waals surface area contributed by atoms with Gasteiger partial charge in [0, 0.05) is 22.3 Å². The summed E-state index contributed by atoms with van der Waals surface area (Å²) in [6.45, 7) is 2.01. The number of ketones is 2. The van der Waals surface area contributed by atoms with Crippen LogP contribution in [0.2, 0.25) is 0 Å². The Bertz CT molecular complexity index is 772. The Labute approximate surface area is 109 Å². The van der Waals surface area contributed by atoms with Crippen LogP contribution in [-0.2, 0) is 6.42 Å². The molecule has 0 fully saturated rings. The van der Waals surface area contributed by atoms with Crippen molar-refractivity contribution in [3.05, 3.63) is 58.1 Å². The van der Waals surface area contributed by atoms with Gasteiger partial charge in [0.1, 0.15) is 11.5 Å². The first-order chi connectivity index (χ1) is 9.22. The molecule has 0 aromatic heterocycles. The molecule has 2 aliphatic heterocycles. The second kappa shape index (κ2) is 3.32. The summed E-state index contributed by atoms with van der Waals surface area (Å²) in [5.41, 5.74) is 2.93. The van der Waals surface area contributed by atoms with E-state index < -0.39 is 0 Å². The van der Waals surface area contributed by atoms with Crippen molar-refractivity contribution in [2.75, 3.05) is 0 Å². The predicted molar refractivity (Wildman–Crippen MR) is 69.2 cm³/mol. The number of rotatable bonds is 1. The second-order valence-electron chi connectivity index (χ2n) is 4.76. The molecule has 0 radical (unpaired) electrons. The van der Waals surface area contributed by atoms with E-state index in [1.807, 2.05) is 6.92 Å². The third-order valence-corrected chi connectivity index (χ3v) is 3.80. The number of fused-ring (bicyclic) bond motifs is 1. The van der Waals surface area contributed by atoms with Gasteiger partial charge in [-0.25, -0.2) is 0 Å². The van der Waals surface area contributed by atoms with Crippen molar-refractivity contribution in [2.45, 2.75) is 13.3 Å². The first-order valence-electron chi connectivity index (χ1n) is 6.28. The highest BCUT2D eigenvalue weighted by atomic mass is 16.5. The summed E-state index contributed by atoms with van der Waals surface area (Å²) in [6, 6.07) is 8.66. The van der Waals surface area contributed by atoms with E-state index in [4.69, 9.17) is 4.74 Å². The Morgan fingerprint density at radius 2 is 1.68 bits per heavy atom. The Hall–Kier alpha value is -2.42. The topological polar surface area (TPSA) is 43.4 Å². The second-order valence-corrected chi connectivity index (χ2v) is 4.76. The summed E-state index contributed by atoms with van der Waals surface area (Å²) >= 11 is 0. The summed E-state index contributed by atoms with van der Waals surface area (Å²) in [6.07, 6.45) is 0.807. The number of benzene rings is 2. The lowest BCUT2D eigenvalue weighted by Crippen LogP contribution is -2.25. The summed E-state index contributed by atoms with van der Waals surface area (Å²) in [5, 5.41) is 0. The first kappa shape index (κ1) is 10.5. The van der Waals surface area contributed by atoms with Crippen LogP contribution in [-0.4, -0.2) is 11.6 Å². The summed E-state index contributed by atoms with van der Waals surface area (Å²) < 4.78 is 5.49. The zero-order valence-electron chi connectivity index (χ0n) is 10.3. The number of aryl methyl sites for hydroxylation is 1. The smallest absolute Gasteiger partial charge is 0.198 e. The maximum absolute atomic E-state index is 12.5. The van der Waals surface area contributed by atoms with Crippen molar-refractivity contribution in [2.24, 2.45) is 0 Å². The van der Waals surface area contributed by atoms with E-state index in [0.717, 1.165) is 17.7 Å². The molecule has 0 saturated carbocycles. The molecule has 2 aromatic carbocycles. The third-order valence-electron chi connectivity index (χ3n) is 3.80. The zero-order valence-corrected chi connectivity index (χ0v) is 10.3. The summed E-state index contributed by atoms with van der Waals surface area (Å²) in [7, 11) is 0. The largest absolute Gasteiger partial charge is 0.456 e. The van der Waals surface area contributed by atoms with Gasteiger partial charge in [-0.1, -0.05) is 31.2 Å². The van der Waals surface area contributed by atoms with Crippen LogP contribution in [0, 0.1) is 0 Å². The highest BCUT2D eigenvalue weighted by Crippen LogP contribution is 2.49. The summed E-state index contributed by atoms with van der Waals surface area (Å²) in [4.78, 5) is 25.0. The van der Waals surface area contributed by atoms with Crippen molar-refractivity contribution in [3.8, 4) is 11.5 Å². The molecule has 3 nitrogen and oxygen atoms in total. The van der Waals surface area contributed by atoms with Gasteiger partial charge in [-0.15, -0.1) is 0 Å². The fourth-order valence-corrected chi connectivity index (χ4v) is 2.84. The third kappa shape index (κ3) is 1.12. The van der Waals surface area contributed by atoms with Crippen molar-refractivity contribution in [3.63, 3.8) is 0 Å². The lowest BCUT2D eigenvalue weighted by Gasteiger charge is -2.30. The van der Waals surface area contributed by atoms with Crippen LogP contribution in [0.1, 0.15) is 44.3 Å². The van der Waals surface area contributed by atoms with E-state index >= 15 is 0 Å². The van der Waals surface area contributed by atoms with Crippen LogP contribution < -0.4 is 4.74 Å². The number of hydrogen-bond acceptors (Lipinski definition) is 3. The SMILES string of the molecule is CCc1c2cc3c(c1O2)C(=O)c1ccccc1C3=O. The first-order valence-corrected chi connectivity index (χ1v) is 6.28. The molecule has 0 atom stereocenters. The molecule has 3 heteroatoms. The van der Waals surface area contributed by atoms with E-state index in [1.54, 1.807) is 30.3 Å². The minimum atomic E-state index is -0.110. The maximum atomic E-state index is 12.5. The monoisotopic (exact) mass is 250 g/mol. The van der Waals surface area contributed by atoms with E-state index in [-0.39, 0.29) is 11.6 Å². The quantitative estimate of drug-likeness (QED) is 0.521. The molecule has 2 bridgehead atoms. The molecule has 0 unspecified atom stereocenters. The molecular formula is C16H10O3. The molecule has 0 N–H and O–H groups in total. The van der Waals surface area contributed by atoms with Gasteiger partial charge in [-0.3, -0.25) is 9.59 Å². The molecule has 1 aliphatic carbocycles. The van der Waals surface area contributed by atoms with Crippen LogP contribution in [0.3, 0.4) is 0 Å². The maximum Gasteiger partial charge on any atom is 0.198 e. The number of carbonyl (C=O) groups excluding carboxylic acids is 2. The van der Waals surface area contributed by atoms with E-state index in [9.17, 15) is 9.59 Å². The van der Waals surface area contributed by atoms with Crippen molar-refractivity contribution in [1.29, 1.82) is 0 Å². The van der Waals surface area contributed by atoms with E-state index in [0.29, 0.717) is 28.0 Å². The Morgan fingerprint density at radius 1 is 1.00 bits per heavy atom. The average Bonchev–Trinajstić information content (AvgIpc) is 2.44. The van der Waals surface area contributed by atoms with Gasteiger partial charge in [0.05, 0.1) is 5.56 Å². The van der Waals surface area contributed by atoms with Crippen LogP contribution in [0.4, 0.5) is 0 Å². The van der Waals surface area contributed by atoms with Gasteiger partial charge in [-0.05, 0) is 12.5 Å². The van der Waals surface area contributed by atoms with Crippen LogP contribution in [0.25, 0.3) is 0 Å². The van der Waals surface area contributed by atoms with Gasteiger partial charge >= 0.3 is 0 Å². The normalized spacial score (nSPS) is 14.4. The van der Waals surface area contributed by atoms with Gasteiger partial charge in [0.25, 0.3) is 0 Å². The van der Waals surface area contributed by atoms with Crippen molar-refractivity contribution in [1.82, 2.24) is 0 Å². The van der Waals surface area contributed by atoms with Gasteiger partial charge < -0.3 is 4.74 Å². The Balaban J connectivity index is 2.04. The summed E-state index contributed by atoms with van der Waals surface area (Å²) in [5.74, 6) is 1.14. The molecule has 92 valence electrons. The van der Waals surface area contributed by atoms with Crippen LogP contribution in [0.15, 0.2) is 30.3 Å². The standard InChI is InChI=1S/C16H10O3/c1-2-8-12-7-11-13(16(8)19-12)15(18)10-6-4-3-5-9(10)14(11)17/h3-7H,2H2,1H3. The highest BCUT2D eigenvalue weighted by molar-refractivity contribution is 6.30. The number of carbonyl (C=O) groups is 2. The lowest BCUT2D eigenvalue weighted by atomic mass is 9.81. The van der Waals surface area contributed by atoms with Gasteiger partial charge in [0.2, 0.25) is 0 Å². The molecule has 3 aliphatic rings. The highest BCUT2D eigenvalue weighted by Gasteiger charge is 2.38.